The predicted octanol–water partition coefficient (Wildman–Crippen LogP) is 2.99. The Labute approximate surface area is 144 Å². The molecule has 1 amide bonds. The molecule has 4 heterocycles. The molecule has 0 spiro atoms. The third-order valence-electron chi connectivity index (χ3n) is 4.76. The van der Waals surface area contributed by atoms with Gasteiger partial charge in [-0.05, 0) is 38.8 Å². The van der Waals surface area contributed by atoms with Gasteiger partial charge in [0.15, 0.2) is 0 Å². The number of nitrogens with zero attached hydrogens (tertiary/aromatic N) is 4. The number of hydrogen-bond donors (Lipinski definition) is 1. The zero-order chi connectivity index (χ0) is 16.8. The van der Waals surface area contributed by atoms with Crippen LogP contribution in [0.5, 0.6) is 0 Å². The van der Waals surface area contributed by atoms with Crippen LogP contribution >= 0.6 is 11.3 Å². The van der Waals surface area contributed by atoms with E-state index < -0.39 is 0 Å². The molecule has 6 nitrogen and oxygen atoms in total. The van der Waals surface area contributed by atoms with Gasteiger partial charge in [-0.2, -0.15) is 10.2 Å². The SMILES string of the molecule is Cc1cc([C@H]2CCCN(C(=O)c3cc4c(C)nn(C)c4s3)C2)n[nH]1. The van der Waals surface area contributed by atoms with E-state index in [0.717, 1.165) is 58.1 Å². The van der Waals surface area contributed by atoms with E-state index in [1.807, 2.05) is 36.5 Å². The summed E-state index contributed by atoms with van der Waals surface area (Å²) in [6, 6.07) is 4.08. The van der Waals surface area contributed by atoms with Gasteiger partial charge < -0.3 is 4.90 Å². The van der Waals surface area contributed by atoms with E-state index in [-0.39, 0.29) is 5.91 Å². The third-order valence-corrected chi connectivity index (χ3v) is 5.95. The van der Waals surface area contributed by atoms with Gasteiger partial charge in [0.25, 0.3) is 5.91 Å². The van der Waals surface area contributed by atoms with Crippen LogP contribution in [0, 0.1) is 13.8 Å². The summed E-state index contributed by atoms with van der Waals surface area (Å²) in [6.07, 6.45) is 2.11. The second kappa shape index (κ2) is 5.73. The van der Waals surface area contributed by atoms with Crippen molar-refractivity contribution in [3.63, 3.8) is 0 Å². The second-order valence-corrected chi connectivity index (χ2v) is 7.64. The average molecular weight is 343 g/mol. The maximum atomic E-state index is 13.0. The fourth-order valence-corrected chi connectivity index (χ4v) is 4.61. The molecule has 126 valence electrons. The Balaban J connectivity index is 1.57. The summed E-state index contributed by atoms with van der Waals surface area (Å²) in [5, 5.41) is 12.9. The van der Waals surface area contributed by atoms with Crippen molar-refractivity contribution in [2.24, 2.45) is 7.05 Å². The minimum Gasteiger partial charge on any atom is -0.337 e. The highest BCUT2D eigenvalue weighted by Crippen LogP contribution is 2.31. The number of likely N-dealkylation sites (tertiary alicyclic amines) is 1. The van der Waals surface area contributed by atoms with E-state index in [1.165, 1.54) is 11.3 Å². The zero-order valence-electron chi connectivity index (χ0n) is 14.2. The number of aryl methyl sites for hydroxylation is 3. The van der Waals surface area contributed by atoms with E-state index in [1.54, 1.807) is 0 Å². The highest BCUT2D eigenvalue weighted by molar-refractivity contribution is 7.20. The van der Waals surface area contributed by atoms with Crippen LogP contribution in [0.25, 0.3) is 10.2 Å². The molecule has 1 fully saturated rings. The summed E-state index contributed by atoms with van der Waals surface area (Å²) in [7, 11) is 1.93. The molecule has 1 aliphatic heterocycles. The minimum atomic E-state index is 0.132. The van der Waals surface area contributed by atoms with Crippen LogP contribution in [-0.2, 0) is 7.05 Å². The molecule has 0 unspecified atom stereocenters. The monoisotopic (exact) mass is 343 g/mol. The van der Waals surface area contributed by atoms with Crippen molar-refractivity contribution in [2.45, 2.75) is 32.6 Å². The fraction of sp³-hybridized carbons (Fsp3) is 0.471. The molecule has 1 saturated heterocycles. The number of piperidine rings is 1. The van der Waals surface area contributed by atoms with Crippen LogP contribution in [0.2, 0.25) is 0 Å². The highest BCUT2D eigenvalue weighted by Gasteiger charge is 2.28. The van der Waals surface area contributed by atoms with E-state index in [4.69, 9.17) is 0 Å². The number of thiophene rings is 1. The normalized spacial score (nSPS) is 18.5. The molecule has 0 saturated carbocycles. The number of hydrogen-bond acceptors (Lipinski definition) is 4. The van der Waals surface area contributed by atoms with Gasteiger partial charge in [0, 0.05) is 37.1 Å². The molecule has 3 aromatic rings. The van der Waals surface area contributed by atoms with Crippen molar-refractivity contribution in [1.82, 2.24) is 24.9 Å². The van der Waals surface area contributed by atoms with E-state index in [2.05, 4.69) is 21.4 Å². The number of aromatic nitrogens is 4. The Morgan fingerprint density at radius 1 is 1.38 bits per heavy atom. The summed E-state index contributed by atoms with van der Waals surface area (Å²) >= 11 is 1.54. The Kier molecular flexibility index (Phi) is 3.68. The lowest BCUT2D eigenvalue weighted by molar-refractivity contribution is 0.0711. The van der Waals surface area contributed by atoms with Gasteiger partial charge in [-0.15, -0.1) is 11.3 Å². The van der Waals surface area contributed by atoms with Crippen molar-refractivity contribution in [3.05, 3.63) is 34.1 Å². The molecule has 24 heavy (non-hydrogen) atoms. The van der Waals surface area contributed by atoms with Gasteiger partial charge in [0.05, 0.1) is 16.3 Å². The van der Waals surface area contributed by atoms with Crippen molar-refractivity contribution in [1.29, 1.82) is 0 Å². The Hall–Kier alpha value is -2.15. The lowest BCUT2D eigenvalue weighted by atomic mass is 9.94. The van der Waals surface area contributed by atoms with Crippen LogP contribution in [-0.4, -0.2) is 43.9 Å². The van der Waals surface area contributed by atoms with E-state index in [9.17, 15) is 4.79 Å². The standard InChI is InChI=1S/C17H21N5OS/c1-10-7-14(19-18-10)12-5-4-6-22(9-12)16(23)15-8-13-11(2)20-21(3)17(13)24-15/h7-8,12H,4-6,9H2,1-3H3,(H,18,19)/t12-/m0/s1. The highest BCUT2D eigenvalue weighted by atomic mass is 32.1. The Bertz CT molecular complexity index is 871. The summed E-state index contributed by atoms with van der Waals surface area (Å²) in [5.41, 5.74) is 3.12. The van der Waals surface area contributed by atoms with Crippen molar-refractivity contribution < 1.29 is 4.79 Å². The Morgan fingerprint density at radius 3 is 2.92 bits per heavy atom. The fourth-order valence-electron chi connectivity index (χ4n) is 3.52. The smallest absolute Gasteiger partial charge is 0.264 e. The quantitative estimate of drug-likeness (QED) is 0.778. The minimum absolute atomic E-state index is 0.132. The third kappa shape index (κ3) is 2.53. The molecule has 1 N–H and O–H groups in total. The molecule has 0 radical (unpaired) electrons. The lowest BCUT2D eigenvalue weighted by Crippen LogP contribution is -2.38. The van der Waals surface area contributed by atoms with Crippen molar-refractivity contribution in [3.8, 4) is 0 Å². The van der Waals surface area contributed by atoms with Gasteiger partial charge in [0.2, 0.25) is 0 Å². The van der Waals surface area contributed by atoms with E-state index in [0.29, 0.717) is 5.92 Å². The zero-order valence-corrected chi connectivity index (χ0v) is 15.0. The molecular weight excluding hydrogens is 322 g/mol. The number of fused-ring (bicyclic) bond motifs is 1. The van der Waals surface area contributed by atoms with Crippen LogP contribution in [0.1, 0.15) is 45.5 Å². The number of H-pyrrole nitrogens is 1. The van der Waals surface area contributed by atoms with Gasteiger partial charge in [-0.1, -0.05) is 0 Å². The number of aromatic amines is 1. The predicted molar refractivity (Wildman–Crippen MR) is 94.5 cm³/mol. The number of rotatable bonds is 2. The van der Waals surface area contributed by atoms with Gasteiger partial charge in [-0.3, -0.25) is 14.6 Å². The molecule has 0 aliphatic carbocycles. The Morgan fingerprint density at radius 2 is 2.21 bits per heavy atom. The van der Waals surface area contributed by atoms with Crippen molar-refractivity contribution >= 4 is 27.5 Å². The van der Waals surface area contributed by atoms with Crippen molar-refractivity contribution in [2.75, 3.05) is 13.1 Å². The topological polar surface area (TPSA) is 66.8 Å². The molecule has 7 heteroatoms. The molecule has 1 atom stereocenters. The first-order chi connectivity index (χ1) is 11.5. The maximum absolute atomic E-state index is 13.0. The summed E-state index contributed by atoms with van der Waals surface area (Å²) in [4.78, 5) is 16.8. The maximum Gasteiger partial charge on any atom is 0.264 e. The molecule has 0 aromatic carbocycles. The van der Waals surface area contributed by atoms with Crippen LogP contribution in [0.15, 0.2) is 12.1 Å². The molecule has 1 aliphatic rings. The summed E-state index contributed by atoms with van der Waals surface area (Å²) < 4.78 is 1.86. The first-order valence-corrected chi connectivity index (χ1v) is 9.09. The molecule has 0 bridgehead atoms. The first kappa shape index (κ1) is 15.4. The number of nitrogens with one attached hydrogen (secondary N) is 1. The molecule has 3 aromatic heterocycles. The van der Waals surface area contributed by atoms with Gasteiger partial charge >= 0.3 is 0 Å². The summed E-state index contributed by atoms with van der Waals surface area (Å²) in [5.74, 6) is 0.456. The van der Waals surface area contributed by atoms with Gasteiger partial charge in [-0.25, -0.2) is 0 Å². The van der Waals surface area contributed by atoms with Crippen LogP contribution in [0.3, 0.4) is 0 Å². The van der Waals surface area contributed by atoms with Crippen LogP contribution in [0.4, 0.5) is 0 Å². The first-order valence-electron chi connectivity index (χ1n) is 8.27. The van der Waals surface area contributed by atoms with E-state index >= 15 is 0 Å². The largest absolute Gasteiger partial charge is 0.337 e. The summed E-state index contributed by atoms with van der Waals surface area (Å²) in [6.45, 7) is 5.56. The molecular formula is C17H21N5OS. The van der Waals surface area contributed by atoms with Gasteiger partial charge in [0.1, 0.15) is 4.83 Å². The van der Waals surface area contributed by atoms with Crippen LogP contribution < -0.4 is 0 Å². The number of carbonyl (C=O) groups excluding carboxylic acids is 1. The lowest BCUT2D eigenvalue weighted by Gasteiger charge is -2.31. The molecule has 4 rings (SSSR count). The number of carbonyl (C=O) groups is 1. The number of amides is 1. The average Bonchev–Trinajstić information content (AvgIpc) is 3.25. The second-order valence-electron chi connectivity index (χ2n) is 6.60.